The third kappa shape index (κ3) is 3.74. The molecule has 0 radical (unpaired) electrons. The minimum Gasteiger partial charge on any atom is -0.497 e. The number of carbonyl (C=O) groups is 1. The number of carbonyl (C=O) groups excluding carboxylic acids is 1. The first-order chi connectivity index (χ1) is 13.5. The molecule has 1 unspecified atom stereocenters. The number of aromatic nitrogens is 4. The van der Waals surface area contributed by atoms with Crippen molar-refractivity contribution in [2.45, 2.75) is 12.5 Å². The molecule has 1 aromatic carbocycles. The van der Waals surface area contributed by atoms with E-state index < -0.39 is 18.5 Å². The molecule has 3 heterocycles. The first kappa shape index (κ1) is 18.9. The highest BCUT2D eigenvalue weighted by Crippen LogP contribution is 2.27. The Kier molecular flexibility index (Phi) is 5.31. The lowest BCUT2D eigenvalue weighted by Crippen LogP contribution is -2.20. The van der Waals surface area contributed by atoms with Crippen molar-refractivity contribution in [1.29, 1.82) is 0 Å². The van der Waals surface area contributed by atoms with Crippen molar-refractivity contribution in [2.75, 3.05) is 20.3 Å². The quantitative estimate of drug-likeness (QED) is 0.350. The Hall–Kier alpha value is -2.46. The normalized spacial score (nSPS) is 19.1. The van der Waals surface area contributed by atoms with Gasteiger partial charge in [0, 0.05) is 0 Å². The lowest BCUT2D eigenvalue weighted by atomic mass is 10.2. The number of methoxy groups -OCH3 is 1. The Morgan fingerprint density at radius 3 is 2.82 bits per heavy atom. The van der Waals surface area contributed by atoms with Crippen LogP contribution in [-0.2, 0) is 14.2 Å². The van der Waals surface area contributed by atoms with Crippen LogP contribution in [0.25, 0.3) is 11.2 Å². The van der Waals surface area contributed by atoms with Crippen molar-refractivity contribution < 1.29 is 23.7 Å². The highest BCUT2D eigenvalue weighted by atomic mass is 35.5. The first-order valence-corrected chi connectivity index (χ1v) is 8.94. The number of esters is 1. The van der Waals surface area contributed by atoms with E-state index >= 15 is 0 Å². The van der Waals surface area contributed by atoms with Crippen molar-refractivity contribution in [3.8, 4) is 5.75 Å². The van der Waals surface area contributed by atoms with Crippen molar-refractivity contribution in [1.82, 2.24) is 19.5 Å². The SMILES string of the molecule is COc1ccc(C(=O)OC[C@@H]2OCC(n3cnc4c(Cl)nc(Cl)nc43)O2)cc1. The average Bonchev–Trinajstić information content (AvgIpc) is 3.33. The second-order valence-electron chi connectivity index (χ2n) is 5.79. The van der Waals surface area contributed by atoms with E-state index in [0.717, 1.165) is 0 Å². The summed E-state index contributed by atoms with van der Waals surface area (Å²) in [5.74, 6) is 0.163. The van der Waals surface area contributed by atoms with E-state index in [1.807, 2.05) is 0 Å². The fourth-order valence-electron chi connectivity index (χ4n) is 2.70. The van der Waals surface area contributed by atoms with Gasteiger partial charge in [0.25, 0.3) is 0 Å². The Balaban J connectivity index is 1.38. The third-order valence-corrected chi connectivity index (χ3v) is 4.50. The molecule has 0 bridgehead atoms. The van der Waals surface area contributed by atoms with Crippen LogP contribution in [-0.4, -0.2) is 52.1 Å². The lowest BCUT2D eigenvalue weighted by molar-refractivity contribution is -0.102. The van der Waals surface area contributed by atoms with Gasteiger partial charge in [0.15, 0.2) is 23.3 Å². The maximum absolute atomic E-state index is 12.1. The Labute approximate surface area is 169 Å². The van der Waals surface area contributed by atoms with E-state index in [1.54, 1.807) is 35.9 Å². The number of ether oxygens (including phenoxy) is 4. The summed E-state index contributed by atoms with van der Waals surface area (Å²) in [6.45, 7) is 0.153. The minimum atomic E-state index is -0.725. The van der Waals surface area contributed by atoms with Crippen LogP contribution in [0.1, 0.15) is 16.6 Å². The van der Waals surface area contributed by atoms with Crippen LogP contribution in [0.2, 0.25) is 10.4 Å². The third-order valence-electron chi connectivity index (χ3n) is 4.07. The van der Waals surface area contributed by atoms with E-state index in [0.29, 0.717) is 22.5 Å². The summed E-state index contributed by atoms with van der Waals surface area (Å²) >= 11 is 11.9. The highest BCUT2D eigenvalue weighted by Gasteiger charge is 2.30. The smallest absolute Gasteiger partial charge is 0.338 e. The number of fused-ring (bicyclic) bond motifs is 1. The molecule has 1 fully saturated rings. The number of nitrogens with zero attached hydrogens (tertiary/aromatic N) is 4. The molecule has 0 amide bonds. The monoisotopic (exact) mass is 424 g/mol. The Morgan fingerprint density at radius 1 is 1.29 bits per heavy atom. The summed E-state index contributed by atoms with van der Waals surface area (Å²) in [5.41, 5.74) is 1.23. The zero-order valence-electron chi connectivity index (χ0n) is 14.5. The molecule has 0 saturated carbocycles. The molecule has 1 saturated heterocycles. The number of halogens is 2. The molecule has 2 atom stereocenters. The maximum Gasteiger partial charge on any atom is 0.338 e. The van der Waals surface area contributed by atoms with Gasteiger partial charge in [-0.3, -0.25) is 4.57 Å². The molecular formula is C17H14Cl2N4O5. The fraction of sp³-hybridized carbons (Fsp3) is 0.294. The second kappa shape index (κ2) is 7.88. The van der Waals surface area contributed by atoms with Crippen molar-refractivity contribution in [2.24, 2.45) is 0 Å². The van der Waals surface area contributed by atoms with Gasteiger partial charge in [-0.15, -0.1) is 0 Å². The molecule has 2 aromatic heterocycles. The van der Waals surface area contributed by atoms with Crippen molar-refractivity contribution >= 4 is 40.3 Å². The molecule has 0 N–H and O–H groups in total. The highest BCUT2D eigenvalue weighted by molar-refractivity contribution is 6.35. The first-order valence-electron chi connectivity index (χ1n) is 8.19. The van der Waals surface area contributed by atoms with Crippen LogP contribution in [0, 0.1) is 0 Å². The van der Waals surface area contributed by atoms with Crippen LogP contribution in [0.4, 0.5) is 0 Å². The molecular weight excluding hydrogens is 411 g/mol. The summed E-state index contributed by atoms with van der Waals surface area (Å²) in [5, 5.41) is 0.153. The summed E-state index contributed by atoms with van der Waals surface area (Å²) < 4.78 is 23.3. The summed E-state index contributed by atoms with van der Waals surface area (Å²) in [7, 11) is 1.55. The molecule has 0 aliphatic carbocycles. The molecule has 146 valence electrons. The van der Waals surface area contributed by atoms with Gasteiger partial charge in [-0.25, -0.2) is 14.8 Å². The number of imidazole rings is 1. The van der Waals surface area contributed by atoms with Crippen LogP contribution in [0.3, 0.4) is 0 Å². The standard InChI is InChI=1S/C17H14Cl2N4O5/c1-25-10-4-2-9(3-5-10)16(24)27-7-12-26-6-11(28-12)23-8-20-13-14(18)21-17(19)22-15(13)23/h2-5,8,11-12H,6-7H2,1H3/t11?,12-/m1/s1. The van der Waals surface area contributed by atoms with Crippen LogP contribution in [0.5, 0.6) is 5.75 Å². The topological polar surface area (TPSA) is 97.6 Å². The number of benzene rings is 1. The maximum atomic E-state index is 12.1. The molecule has 4 rings (SSSR count). The molecule has 1 aliphatic heterocycles. The number of rotatable bonds is 5. The van der Waals surface area contributed by atoms with Gasteiger partial charge in [0.2, 0.25) is 5.28 Å². The largest absolute Gasteiger partial charge is 0.497 e. The van der Waals surface area contributed by atoms with Crippen LogP contribution < -0.4 is 4.74 Å². The van der Waals surface area contributed by atoms with E-state index in [-0.39, 0.29) is 23.7 Å². The number of hydrogen-bond donors (Lipinski definition) is 0. The fourth-order valence-corrected chi connectivity index (χ4v) is 3.12. The second-order valence-corrected chi connectivity index (χ2v) is 6.48. The van der Waals surface area contributed by atoms with Gasteiger partial charge in [0.05, 0.1) is 25.6 Å². The van der Waals surface area contributed by atoms with E-state index in [2.05, 4.69) is 15.0 Å². The summed E-state index contributed by atoms with van der Waals surface area (Å²) in [6.07, 6.45) is 0.274. The van der Waals surface area contributed by atoms with Crippen LogP contribution >= 0.6 is 23.2 Å². The van der Waals surface area contributed by atoms with Gasteiger partial charge < -0.3 is 18.9 Å². The predicted molar refractivity (Wildman–Crippen MR) is 98.5 cm³/mol. The minimum absolute atomic E-state index is 0.00290. The molecule has 11 heteroatoms. The van der Waals surface area contributed by atoms with E-state index in [4.69, 9.17) is 42.1 Å². The zero-order chi connectivity index (χ0) is 19.7. The van der Waals surface area contributed by atoms with Gasteiger partial charge in [0.1, 0.15) is 17.9 Å². The van der Waals surface area contributed by atoms with E-state index in [1.165, 1.54) is 6.33 Å². The zero-order valence-corrected chi connectivity index (χ0v) is 16.1. The molecule has 28 heavy (non-hydrogen) atoms. The van der Waals surface area contributed by atoms with Gasteiger partial charge in [-0.1, -0.05) is 11.6 Å². The van der Waals surface area contributed by atoms with Gasteiger partial charge >= 0.3 is 5.97 Å². The molecule has 9 nitrogen and oxygen atoms in total. The van der Waals surface area contributed by atoms with E-state index in [9.17, 15) is 4.79 Å². The Morgan fingerprint density at radius 2 is 2.07 bits per heavy atom. The van der Waals surface area contributed by atoms with Crippen molar-refractivity contribution in [3.05, 3.63) is 46.6 Å². The molecule has 1 aliphatic rings. The lowest BCUT2D eigenvalue weighted by Gasteiger charge is -2.13. The van der Waals surface area contributed by atoms with Gasteiger partial charge in [-0.2, -0.15) is 4.98 Å². The van der Waals surface area contributed by atoms with Gasteiger partial charge in [-0.05, 0) is 35.9 Å². The molecule has 0 spiro atoms. The number of hydrogen-bond acceptors (Lipinski definition) is 8. The molecule has 3 aromatic rings. The van der Waals surface area contributed by atoms with Crippen LogP contribution in [0.15, 0.2) is 30.6 Å². The summed E-state index contributed by atoms with van der Waals surface area (Å²) in [6, 6.07) is 6.59. The Bertz CT molecular complexity index is 1010. The predicted octanol–water partition coefficient (Wildman–Crippen LogP) is 2.87. The summed E-state index contributed by atoms with van der Waals surface area (Å²) in [4.78, 5) is 24.3. The average molecular weight is 425 g/mol. The van der Waals surface area contributed by atoms with Crippen molar-refractivity contribution in [3.63, 3.8) is 0 Å².